The van der Waals surface area contributed by atoms with Crippen molar-refractivity contribution in [3.63, 3.8) is 0 Å². The smallest absolute Gasteiger partial charge is 0.180 e. The summed E-state index contributed by atoms with van der Waals surface area (Å²) in [5.74, 6) is 0. The van der Waals surface area contributed by atoms with E-state index in [-0.39, 0.29) is 0 Å². The highest BCUT2D eigenvalue weighted by molar-refractivity contribution is 6.30. The standard InChI is InChI=1S/C14H16ClN3O/c15-12-2-1-3-14(8-12)18-6-4-17(5-7-18)9-13-10-19-11-16-13/h1-3,8,10-11H,4-7,9H2. The summed E-state index contributed by atoms with van der Waals surface area (Å²) in [5.41, 5.74) is 2.20. The Morgan fingerprint density at radius 2 is 2.05 bits per heavy atom. The predicted octanol–water partition coefficient (Wildman–Crippen LogP) is 2.65. The van der Waals surface area contributed by atoms with Gasteiger partial charge in [0.05, 0.1) is 5.69 Å². The van der Waals surface area contributed by atoms with Gasteiger partial charge in [0, 0.05) is 43.4 Å². The number of hydrogen-bond acceptors (Lipinski definition) is 4. The van der Waals surface area contributed by atoms with Crippen LogP contribution in [0, 0.1) is 0 Å². The van der Waals surface area contributed by atoms with E-state index in [1.54, 1.807) is 6.26 Å². The van der Waals surface area contributed by atoms with Gasteiger partial charge in [-0.1, -0.05) is 17.7 Å². The lowest BCUT2D eigenvalue weighted by molar-refractivity contribution is 0.247. The molecule has 2 aromatic rings. The molecular formula is C14H16ClN3O. The van der Waals surface area contributed by atoms with Crippen LogP contribution in [0.5, 0.6) is 0 Å². The van der Waals surface area contributed by atoms with Crippen molar-refractivity contribution in [1.82, 2.24) is 9.88 Å². The van der Waals surface area contributed by atoms with Crippen LogP contribution < -0.4 is 4.90 Å². The van der Waals surface area contributed by atoms with Crippen LogP contribution in [0.4, 0.5) is 5.69 Å². The first-order valence-corrected chi connectivity index (χ1v) is 6.79. The first-order valence-electron chi connectivity index (χ1n) is 6.41. The van der Waals surface area contributed by atoms with E-state index < -0.39 is 0 Å². The first kappa shape index (κ1) is 12.5. The number of benzene rings is 1. The van der Waals surface area contributed by atoms with E-state index in [2.05, 4.69) is 20.9 Å². The third-order valence-electron chi connectivity index (χ3n) is 3.41. The molecular weight excluding hydrogens is 262 g/mol. The number of piperazine rings is 1. The van der Waals surface area contributed by atoms with Crippen molar-refractivity contribution in [2.24, 2.45) is 0 Å². The second-order valence-electron chi connectivity index (χ2n) is 4.72. The molecule has 0 saturated carbocycles. The lowest BCUT2D eigenvalue weighted by Gasteiger charge is -2.35. The molecule has 1 aromatic carbocycles. The topological polar surface area (TPSA) is 32.5 Å². The second kappa shape index (κ2) is 5.63. The predicted molar refractivity (Wildman–Crippen MR) is 75.4 cm³/mol. The Morgan fingerprint density at radius 3 is 2.74 bits per heavy atom. The minimum Gasteiger partial charge on any atom is -0.451 e. The van der Waals surface area contributed by atoms with Crippen molar-refractivity contribution in [3.8, 4) is 0 Å². The number of halogens is 1. The molecule has 100 valence electrons. The van der Waals surface area contributed by atoms with Gasteiger partial charge >= 0.3 is 0 Å². The van der Waals surface area contributed by atoms with E-state index in [0.717, 1.165) is 43.4 Å². The minimum absolute atomic E-state index is 0.794. The fraction of sp³-hybridized carbons (Fsp3) is 0.357. The monoisotopic (exact) mass is 277 g/mol. The Hall–Kier alpha value is -1.52. The van der Waals surface area contributed by atoms with Crippen LogP contribution in [-0.4, -0.2) is 36.1 Å². The lowest BCUT2D eigenvalue weighted by Crippen LogP contribution is -2.46. The van der Waals surface area contributed by atoms with Crippen molar-refractivity contribution in [2.45, 2.75) is 6.54 Å². The van der Waals surface area contributed by atoms with Crippen LogP contribution in [-0.2, 0) is 6.54 Å². The Labute approximate surface area is 117 Å². The summed E-state index contributed by atoms with van der Waals surface area (Å²) in [7, 11) is 0. The number of oxazole rings is 1. The maximum Gasteiger partial charge on any atom is 0.180 e. The summed E-state index contributed by atoms with van der Waals surface area (Å²) in [6.07, 6.45) is 3.20. The normalized spacial score (nSPS) is 16.8. The number of nitrogens with zero attached hydrogens (tertiary/aromatic N) is 3. The quantitative estimate of drug-likeness (QED) is 0.863. The number of rotatable bonds is 3. The molecule has 0 amide bonds. The Bertz CT molecular complexity index is 521. The van der Waals surface area contributed by atoms with Crippen LogP contribution in [0.3, 0.4) is 0 Å². The van der Waals surface area contributed by atoms with Gasteiger partial charge in [0.2, 0.25) is 0 Å². The van der Waals surface area contributed by atoms with Crippen molar-refractivity contribution in [2.75, 3.05) is 31.1 Å². The summed E-state index contributed by atoms with van der Waals surface area (Å²) in [5, 5.41) is 0.794. The molecule has 3 rings (SSSR count). The zero-order valence-corrected chi connectivity index (χ0v) is 11.4. The highest BCUT2D eigenvalue weighted by Crippen LogP contribution is 2.21. The van der Waals surface area contributed by atoms with Crippen molar-refractivity contribution in [3.05, 3.63) is 47.6 Å². The zero-order valence-electron chi connectivity index (χ0n) is 10.6. The number of aromatic nitrogens is 1. The van der Waals surface area contributed by atoms with Gasteiger partial charge in [-0.25, -0.2) is 4.98 Å². The van der Waals surface area contributed by atoms with Crippen molar-refractivity contribution < 1.29 is 4.42 Å². The highest BCUT2D eigenvalue weighted by Gasteiger charge is 2.18. The Morgan fingerprint density at radius 1 is 1.21 bits per heavy atom. The Balaban J connectivity index is 1.57. The summed E-state index contributed by atoms with van der Waals surface area (Å²) in [6, 6.07) is 8.04. The average molecular weight is 278 g/mol. The third-order valence-corrected chi connectivity index (χ3v) is 3.65. The molecule has 2 heterocycles. The van der Waals surface area contributed by atoms with Gasteiger partial charge in [-0.05, 0) is 18.2 Å². The lowest BCUT2D eigenvalue weighted by atomic mass is 10.2. The SMILES string of the molecule is Clc1cccc(N2CCN(Cc3cocn3)CC2)c1. The fourth-order valence-electron chi connectivity index (χ4n) is 2.38. The van der Waals surface area contributed by atoms with Crippen LogP contribution in [0.1, 0.15) is 5.69 Å². The molecule has 0 bridgehead atoms. The third kappa shape index (κ3) is 3.08. The van der Waals surface area contributed by atoms with Gasteiger partial charge < -0.3 is 9.32 Å². The maximum absolute atomic E-state index is 6.03. The molecule has 5 heteroatoms. The van der Waals surface area contributed by atoms with E-state index in [1.165, 1.54) is 12.1 Å². The zero-order chi connectivity index (χ0) is 13.1. The van der Waals surface area contributed by atoms with E-state index in [4.69, 9.17) is 16.0 Å². The van der Waals surface area contributed by atoms with E-state index in [1.807, 2.05) is 18.2 Å². The minimum atomic E-state index is 0.794. The molecule has 1 aromatic heterocycles. The number of anilines is 1. The maximum atomic E-state index is 6.03. The molecule has 0 atom stereocenters. The van der Waals surface area contributed by atoms with Gasteiger partial charge in [0.1, 0.15) is 6.26 Å². The molecule has 0 unspecified atom stereocenters. The molecule has 19 heavy (non-hydrogen) atoms. The summed E-state index contributed by atoms with van der Waals surface area (Å²) >= 11 is 6.03. The summed E-state index contributed by atoms with van der Waals surface area (Å²) in [6.45, 7) is 4.94. The van der Waals surface area contributed by atoms with Gasteiger partial charge in [-0.2, -0.15) is 0 Å². The molecule has 0 N–H and O–H groups in total. The first-order chi connectivity index (χ1) is 9.31. The van der Waals surface area contributed by atoms with Gasteiger partial charge in [-0.3, -0.25) is 4.90 Å². The van der Waals surface area contributed by atoms with Crippen molar-refractivity contribution in [1.29, 1.82) is 0 Å². The van der Waals surface area contributed by atoms with E-state index in [9.17, 15) is 0 Å². The molecule has 1 saturated heterocycles. The van der Waals surface area contributed by atoms with Gasteiger partial charge in [0.15, 0.2) is 6.39 Å². The molecule has 1 aliphatic heterocycles. The molecule has 0 radical (unpaired) electrons. The van der Waals surface area contributed by atoms with Crippen LogP contribution >= 0.6 is 11.6 Å². The molecule has 0 spiro atoms. The van der Waals surface area contributed by atoms with Gasteiger partial charge in [-0.15, -0.1) is 0 Å². The Kier molecular flexibility index (Phi) is 3.71. The largest absolute Gasteiger partial charge is 0.451 e. The fourth-order valence-corrected chi connectivity index (χ4v) is 2.57. The summed E-state index contributed by atoms with van der Waals surface area (Å²) in [4.78, 5) is 8.91. The molecule has 1 fully saturated rings. The van der Waals surface area contributed by atoms with Crippen LogP contribution in [0.15, 0.2) is 41.3 Å². The second-order valence-corrected chi connectivity index (χ2v) is 5.16. The van der Waals surface area contributed by atoms with Gasteiger partial charge in [0.25, 0.3) is 0 Å². The average Bonchev–Trinajstić information content (AvgIpc) is 2.92. The molecule has 1 aliphatic rings. The highest BCUT2D eigenvalue weighted by atomic mass is 35.5. The van der Waals surface area contributed by atoms with Crippen LogP contribution in [0.2, 0.25) is 5.02 Å². The van der Waals surface area contributed by atoms with Crippen molar-refractivity contribution >= 4 is 17.3 Å². The van der Waals surface area contributed by atoms with E-state index >= 15 is 0 Å². The molecule has 4 nitrogen and oxygen atoms in total. The molecule has 0 aliphatic carbocycles. The van der Waals surface area contributed by atoms with E-state index in [0.29, 0.717) is 0 Å². The number of hydrogen-bond donors (Lipinski definition) is 0. The van der Waals surface area contributed by atoms with Crippen LogP contribution in [0.25, 0.3) is 0 Å². The summed E-state index contributed by atoms with van der Waals surface area (Å²) < 4.78 is 5.00.